The molecule has 0 aliphatic heterocycles. The number of methoxy groups -OCH3 is 1. The third-order valence-electron chi connectivity index (χ3n) is 2.62. The van der Waals surface area contributed by atoms with E-state index in [0.29, 0.717) is 10.8 Å². The van der Waals surface area contributed by atoms with Crippen LogP contribution in [-0.4, -0.2) is 13.2 Å². The van der Waals surface area contributed by atoms with Crippen molar-refractivity contribution in [1.82, 2.24) is 0 Å². The van der Waals surface area contributed by atoms with E-state index >= 15 is 0 Å². The van der Waals surface area contributed by atoms with Crippen LogP contribution in [0.25, 0.3) is 11.3 Å². The number of halogens is 1. The summed E-state index contributed by atoms with van der Waals surface area (Å²) >= 11 is 5.99. The molecule has 3 nitrogen and oxygen atoms in total. The van der Waals surface area contributed by atoms with E-state index in [-0.39, 0.29) is 6.04 Å². The fourth-order valence-electron chi connectivity index (χ4n) is 1.77. The monoisotopic (exact) mass is 265 g/mol. The molecular formula is C14H16ClNO2. The van der Waals surface area contributed by atoms with Crippen LogP contribution in [0.4, 0.5) is 0 Å². The zero-order valence-electron chi connectivity index (χ0n) is 10.4. The van der Waals surface area contributed by atoms with Crippen LogP contribution in [0.1, 0.15) is 12.7 Å². The van der Waals surface area contributed by atoms with Crippen LogP contribution in [0.5, 0.6) is 5.75 Å². The summed E-state index contributed by atoms with van der Waals surface area (Å²) in [5.41, 5.74) is 6.68. The molecule has 4 heteroatoms. The van der Waals surface area contributed by atoms with Gasteiger partial charge < -0.3 is 14.9 Å². The van der Waals surface area contributed by atoms with Gasteiger partial charge in [-0.05, 0) is 37.3 Å². The highest BCUT2D eigenvalue weighted by molar-refractivity contribution is 6.32. The molecule has 0 spiro atoms. The Balaban J connectivity index is 2.28. The smallest absolute Gasteiger partial charge is 0.138 e. The van der Waals surface area contributed by atoms with Crippen molar-refractivity contribution in [2.45, 2.75) is 19.4 Å². The Morgan fingerprint density at radius 3 is 2.78 bits per heavy atom. The van der Waals surface area contributed by atoms with Crippen molar-refractivity contribution in [3.8, 4) is 17.1 Å². The molecule has 1 unspecified atom stereocenters. The number of hydrogen-bond donors (Lipinski definition) is 1. The summed E-state index contributed by atoms with van der Waals surface area (Å²) < 4.78 is 10.9. The lowest BCUT2D eigenvalue weighted by molar-refractivity contribution is 0.415. The molecule has 1 aromatic heterocycles. The van der Waals surface area contributed by atoms with Gasteiger partial charge in [0, 0.05) is 18.0 Å². The van der Waals surface area contributed by atoms with Crippen LogP contribution in [0.15, 0.2) is 34.7 Å². The highest BCUT2D eigenvalue weighted by atomic mass is 35.5. The second-order valence-electron chi connectivity index (χ2n) is 4.30. The summed E-state index contributed by atoms with van der Waals surface area (Å²) in [5, 5.41) is 0.587. The van der Waals surface area contributed by atoms with Gasteiger partial charge in [0.1, 0.15) is 17.3 Å². The zero-order valence-corrected chi connectivity index (χ0v) is 11.2. The average Bonchev–Trinajstić information content (AvgIpc) is 2.77. The van der Waals surface area contributed by atoms with E-state index in [0.717, 1.165) is 23.5 Å². The van der Waals surface area contributed by atoms with Gasteiger partial charge in [0.15, 0.2) is 0 Å². The molecule has 0 fully saturated rings. The van der Waals surface area contributed by atoms with Gasteiger partial charge in [-0.2, -0.15) is 0 Å². The minimum atomic E-state index is 0.0868. The maximum Gasteiger partial charge on any atom is 0.138 e. The minimum Gasteiger partial charge on any atom is -0.495 e. The molecule has 0 radical (unpaired) electrons. The van der Waals surface area contributed by atoms with Gasteiger partial charge in [0.2, 0.25) is 0 Å². The Labute approximate surface area is 111 Å². The van der Waals surface area contributed by atoms with Gasteiger partial charge in [-0.3, -0.25) is 0 Å². The van der Waals surface area contributed by atoms with E-state index in [1.165, 1.54) is 0 Å². The van der Waals surface area contributed by atoms with Gasteiger partial charge in [-0.15, -0.1) is 0 Å². The highest BCUT2D eigenvalue weighted by Crippen LogP contribution is 2.31. The van der Waals surface area contributed by atoms with E-state index < -0.39 is 0 Å². The largest absolute Gasteiger partial charge is 0.495 e. The van der Waals surface area contributed by atoms with Gasteiger partial charge in [0.05, 0.1) is 12.1 Å². The lowest BCUT2D eigenvalue weighted by Crippen LogP contribution is -2.17. The number of ether oxygens (including phenoxy) is 1. The fraction of sp³-hybridized carbons (Fsp3) is 0.286. The van der Waals surface area contributed by atoms with Crippen molar-refractivity contribution >= 4 is 11.6 Å². The summed E-state index contributed by atoms with van der Waals surface area (Å²) in [6.45, 7) is 1.95. The van der Waals surface area contributed by atoms with Crippen molar-refractivity contribution in [2.24, 2.45) is 5.73 Å². The number of rotatable bonds is 4. The molecule has 0 amide bonds. The molecule has 0 bridgehead atoms. The van der Waals surface area contributed by atoms with Crippen LogP contribution in [0, 0.1) is 0 Å². The molecular weight excluding hydrogens is 250 g/mol. The maximum absolute atomic E-state index is 5.99. The van der Waals surface area contributed by atoms with Gasteiger partial charge in [-0.25, -0.2) is 0 Å². The van der Waals surface area contributed by atoms with Gasteiger partial charge in [0.25, 0.3) is 0 Å². The molecule has 0 saturated carbocycles. The first-order valence-electron chi connectivity index (χ1n) is 5.78. The van der Waals surface area contributed by atoms with Crippen molar-refractivity contribution in [3.63, 3.8) is 0 Å². The first-order chi connectivity index (χ1) is 8.60. The molecule has 2 rings (SSSR count). The van der Waals surface area contributed by atoms with Gasteiger partial charge >= 0.3 is 0 Å². The Kier molecular flexibility index (Phi) is 3.94. The van der Waals surface area contributed by atoms with E-state index in [9.17, 15) is 0 Å². The molecule has 2 aromatic rings. The standard InChI is InChI=1S/C14H16ClNO2/c1-9(16)7-11-4-6-13(18-11)10-3-5-12(15)14(8-10)17-2/h3-6,8-9H,7,16H2,1-2H3. The number of hydrogen-bond acceptors (Lipinski definition) is 3. The summed E-state index contributed by atoms with van der Waals surface area (Å²) in [6.07, 6.45) is 0.727. The van der Waals surface area contributed by atoms with E-state index in [2.05, 4.69) is 0 Å². The van der Waals surface area contributed by atoms with Crippen molar-refractivity contribution < 1.29 is 9.15 Å². The zero-order chi connectivity index (χ0) is 13.1. The third-order valence-corrected chi connectivity index (χ3v) is 2.93. The second-order valence-corrected chi connectivity index (χ2v) is 4.70. The SMILES string of the molecule is COc1cc(-c2ccc(CC(C)N)o2)ccc1Cl. The molecule has 0 aliphatic rings. The first-order valence-corrected chi connectivity index (χ1v) is 6.16. The predicted octanol–water partition coefficient (Wildman–Crippen LogP) is 3.50. The number of furan rings is 1. The lowest BCUT2D eigenvalue weighted by atomic mass is 10.1. The second kappa shape index (κ2) is 5.46. The first kappa shape index (κ1) is 13.0. The average molecular weight is 266 g/mol. The molecule has 0 aliphatic carbocycles. The quantitative estimate of drug-likeness (QED) is 0.920. The minimum absolute atomic E-state index is 0.0868. The van der Waals surface area contributed by atoms with Crippen LogP contribution < -0.4 is 10.5 Å². The van der Waals surface area contributed by atoms with E-state index in [1.54, 1.807) is 13.2 Å². The molecule has 1 heterocycles. The molecule has 2 N–H and O–H groups in total. The normalized spacial score (nSPS) is 12.4. The molecule has 1 atom stereocenters. The van der Waals surface area contributed by atoms with Crippen LogP contribution >= 0.6 is 11.6 Å². The third kappa shape index (κ3) is 2.86. The van der Waals surface area contributed by atoms with Crippen LogP contribution in [0.2, 0.25) is 5.02 Å². The number of benzene rings is 1. The Morgan fingerprint density at radius 2 is 2.11 bits per heavy atom. The predicted molar refractivity (Wildman–Crippen MR) is 73.1 cm³/mol. The molecule has 18 heavy (non-hydrogen) atoms. The molecule has 1 aromatic carbocycles. The van der Waals surface area contributed by atoms with Crippen molar-refractivity contribution in [2.75, 3.05) is 7.11 Å². The van der Waals surface area contributed by atoms with Crippen molar-refractivity contribution in [3.05, 3.63) is 41.1 Å². The summed E-state index contributed by atoms with van der Waals surface area (Å²) in [4.78, 5) is 0. The molecule has 96 valence electrons. The molecule has 0 saturated heterocycles. The Morgan fingerprint density at radius 1 is 1.33 bits per heavy atom. The topological polar surface area (TPSA) is 48.4 Å². The summed E-state index contributed by atoms with van der Waals surface area (Å²) in [6, 6.07) is 9.52. The highest BCUT2D eigenvalue weighted by Gasteiger charge is 2.09. The fourth-order valence-corrected chi connectivity index (χ4v) is 1.97. The lowest BCUT2D eigenvalue weighted by Gasteiger charge is -2.05. The van der Waals surface area contributed by atoms with Gasteiger partial charge in [-0.1, -0.05) is 11.6 Å². The van der Waals surface area contributed by atoms with Crippen molar-refractivity contribution in [1.29, 1.82) is 0 Å². The van der Waals surface area contributed by atoms with E-state index in [1.807, 2.05) is 31.2 Å². The Hall–Kier alpha value is -1.45. The maximum atomic E-state index is 5.99. The van der Waals surface area contributed by atoms with Crippen LogP contribution in [0.3, 0.4) is 0 Å². The van der Waals surface area contributed by atoms with Crippen LogP contribution in [-0.2, 0) is 6.42 Å². The number of nitrogens with two attached hydrogens (primary N) is 1. The van der Waals surface area contributed by atoms with E-state index in [4.69, 9.17) is 26.5 Å². The summed E-state index contributed by atoms with van der Waals surface area (Å²) in [7, 11) is 1.59. The Bertz CT molecular complexity index is 534. The summed E-state index contributed by atoms with van der Waals surface area (Å²) in [5.74, 6) is 2.31.